The van der Waals surface area contributed by atoms with Crippen LogP contribution in [0.5, 0.6) is 0 Å². The van der Waals surface area contributed by atoms with E-state index in [0.717, 1.165) is 28.6 Å². The van der Waals surface area contributed by atoms with Gasteiger partial charge in [0, 0.05) is 30.9 Å². The Morgan fingerprint density at radius 3 is 2.32 bits per heavy atom. The molecule has 1 fully saturated rings. The molecule has 34 heavy (non-hydrogen) atoms. The van der Waals surface area contributed by atoms with E-state index < -0.39 is 26.7 Å². The number of nitrogens with zero attached hydrogens (tertiary/aromatic N) is 2. The molecule has 0 aliphatic carbocycles. The second-order valence-corrected chi connectivity index (χ2v) is 10.2. The van der Waals surface area contributed by atoms with Crippen LogP contribution < -0.4 is 4.90 Å². The van der Waals surface area contributed by atoms with E-state index >= 15 is 0 Å². The SMILES string of the molecule is CCN(C(=O)C1CCN(S(=O)(=O)c2cccc(C(F)(F)F)c2)CC1)c1cccc2ccccc12. The minimum absolute atomic E-state index is 0.0715. The summed E-state index contributed by atoms with van der Waals surface area (Å²) >= 11 is 0. The smallest absolute Gasteiger partial charge is 0.312 e. The first-order valence-corrected chi connectivity index (χ1v) is 12.5. The quantitative estimate of drug-likeness (QED) is 0.487. The molecule has 0 radical (unpaired) electrons. The first kappa shape index (κ1) is 24.2. The summed E-state index contributed by atoms with van der Waals surface area (Å²) in [6.45, 7) is 2.51. The molecule has 1 aliphatic heterocycles. The summed E-state index contributed by atoms with van der Waals surface area (Å²) in [5, 5.41) is 1.98. The second kappa shape index (κ2) is 9.38. The van der Waals surface area contributed by atoms with E-state index in [1.54, 1.807) is 4.90 Å². The van der Waals surface area contributed by atoms with Crippen LogP contribution in [-0.2, 0) is 21.0 Å². The highest BCUT2D eigenvalue weighted by Gasteiger charge is 2.36. The van der Waals surface area contributed by atoms with Crippen molar-refractivity contribution in [2.24, 2.45) is 5.92 Å². The van der Waals surface area contributed by atoms with E-state index in [1.165, 1.54) is 10.4 Å². The Bertz CT molecular complexity index is 1290. The van der Waals surface area contributed by atoms with Gasteiger partial charge in [0.15, 0.2) is 0 Å². The van der Waals surface area contributed by atoms with Gasteiger partial charge >= 0.3 is 6.18 Å². The highest BCUT2D eigenvalue weighted by atomic mass is 32.2. The number of carbonyl (C=O) groups excluding carboxylic acids is 1. The largest absolute Gasteiger partial charge is 0.416 e. The van der Waals surface area contributed by atoms with Crippen LogP contribution in [-0.4, -0.2) is 38.3 Å². The molecule has 0 aromatic heterocycles. The number of benzene rings is 3. The number of rotatable bonds is 5. The molecule has 3 aromatic rings. The number of hydrogen-bond acceptors (Lipinski definition) is 3. The fraction of sp³-hybridized carbons (Fsp3) is 0.320. The lowest BCUT2D eigenvalue weighted by atomic mass is 9.95. The van der Waals surface area contributed by atoms with Gasteiger partial charge in [-0.15, -0.1) is 0 Å². The predicted octanol–water partition coefficient (Wildman–Crippen LogP) is 5.31. The van der Waals surface area contributed by atoms with Gasteiger partial charge in [-0.05, 0) is 49.4 Å². The summed E-state index contributed by atoms with van der Waals surface area (Å²) in [6.07, 6.45) is -4.02. The van der Waals surface area contributed by atoms with Crippen molar-refractivity contribution in [2.75, 3.05) is 24.5 Å². The van der Waals surface area contributed by atoms with Crippen LogP contribution >= 0.6 is 0 Å². The highest BCUT2D eigenvalue weighted by Crippen LogP contribution is 2.33. The number of hydrogen-bond donors (Lipinski definition) is 0. The third-order valence-electron chi connectivity index (χ3n) is 6.24. The average Bonchev–Trinajstić information content (AvgIpc) is 2.84. The van der Waals surface area contributed by atoms with Crippen molar-refractivity contribution in [3.63, 3.8) is 0 Å². The van der Waals surface area contributed by atoms with Crippen LogP contribution in [0.2, 0.25) is 0 Å². The van der Waals surface area contributed by atoms with Crippen LogP contribution in [0, 0.1) is 5.92 Å². The highest BCUT2D eigenvalue weighted by molar-refractivity contribution is 7.89. The molecule has 1 amide bonds. The van der Waals surface area contributed by atoms with Gasteiger partial charge in [0.1, 0.15) is 0 Å². The van der Waals surface area contributed by atoms with Gasteiger partial charge in [0.05, 0.1) is 16.1 Å². The second-order valence-electron chi connectivity index (χ2n) is 8.28. The fourth-order valence-corrected chi connectivity index (χ4v) is 5.95. The molecule has 0 atom stereocenters. The van der Waals surface area contributed by atoms with Crippen molar-refractivity contribution in [3.8, 4) is 0 Å². The lowest BCUT2D eigenvalue weighted by Gasteiger charge is -2.33. The molecule has 180 valence electrons. The Hall–Kier alpha value is -2.91. The third kappa shape index (κ3) is 4.67. The lowest BCUT2D eigenvalue weighted by Crippen LogP contribution is -2.44. The number of fused-ring (bicyclic) bond motifs is 1. The van der Waals surface area contributed by atoms with Gasteiger partial charge in [-0.1, -0.05) is 42.5 Å². The monoisotopic (exact) mass is 490 g/mol. The summed E-state index contributed by atoms with van der Waals surface area (Å²) in [4.78, 5) is 14.7. The molecule has 9 heteroatoms. The van der Waals surface area contributed by atoms with E-state index in [-0.39, 0.29) is 24.9 Å². The molecule has 1 aliphatic rings. The average molecular weight is 491 g/mol. The zero-order valence-corrected chi connectivity index (χ0v) is 19.4. The number of carbonyl (C=O) groups is 1. The summed E-state index contributed by atoms with van der Waals surface area (Å²) in [7, 11) is -4.09. The molecule has 0 saturated carbocycles. The lowest BCUT2D eigenvalue weighted by molar-refractivity contribution is -0.137. The molecule has 1 heterocycles. The Kier molecular flexibility index (Phi) is 6.69. The van der Waals surface area contributed by atoms with Gasteiger partial charge in [-0.3, -0.25) is 4.79 Å². The van der Waals surface area contributed by atoms with E-state index in [9.17, 15) is 26.4 Å². The first-order valence-electron chi connectivity index (χ1n) is 11.1. The van der Waals surface area contributed by atoms with E-state index in [2.05, 4.69) is 0 Å². The Balaban J connectivity index is 1.50. The molecule has 0 spiro atoms. The Labute approximate surface area is 196 Å². The predicted molar refractivity (Wildman–Crippen MR) is 125 cm³/mol. The summed E-state index contributed by atoms with van der Waals surface area (Å²) < 4.78 is 66.2. The van der Waals surface area contributed by atoms with Crippen LogP contribution in [0.25, 0.3) is 10.8 Å². The van der Waals surface area contributed by atoms with Crippen LogP contribution in [0.4, 0.5) is 18.9 Å². The summed E-state index contributed by atoms with van der Waals surface area (Å²) in [6, 6.07) is 17.3. The molecule has 0 N–H and O–H groups in total. The first-order chi connectivity index (χ1) is 16.1. The molecule has 1 saturated heterocycles. The van der Waals surface area contributed by atoms with Crippen molar-refractivity contribution in [2.45, 2.75) is 30.8 Å². The summed E-state index contributed by atoms with van der Waals surface area (Å²) in [5.74, 6) is -0.443. The fourth-order valence-electron chi connectivity index (χ4n) is 4.43. The Morgan fingerprint density at radius 1 is 1.00 bits per heavy atom. The van der Waals surface area contributed by atoms with Crippen LogP contribution in [0.3, 0.4) is 0 Å². The zero-order valence-electron chi connectivity index (χ0n) is 18.6. The topological polar surface area (TPSA) is 57.7 Å². The van der Waals surface area contributed by atoms with Crippen LogP contribution in [0.1, 0.15) is 25.3 Å². The normalized spacial score (nSPS) is 16.0. The number of sulfonamides is 1. The zero-order chi connectivity index (χ0) is 24.5. The maximum absolute atomic E-state index is 13.4. The van der Waals surface area contributed by atoms with Gasteiger partial charge in [0.2, 0.25) is 15.9 Å². The maximum atomic E-state index is 13.4. The number of anilines is 1. The third-order valence-corrected chi connectivity index (χ3v) is 8.14. The van der Waals surface area contributed by atoms with Crippen molar-refractivity contribution in [1.82, 2.24) is 4.31 Å². The van der Waals surface area contributed by atoms with Gasteiger partial charge in [-0.25, -0.2) is 8.42 Å². The van der Waals surface area contributed by atoms with Crippen molar-refractivity contribution >= 4 is 32.4 Å². The maximum Gasteiger partial charge on any atom is 0.416 e. The van der Waals surface area contributed by atoms with Gasteiger partial charge in [-0.2, -0.15) is 17.5 Å². The van der Waals surface area contributed by atoms with Crippen LogP contribution in [0.15, 0.2) is 71.6 Å². The van der Waals surface area contributed by atoms with Crippen molar-refractivity contribution in [1.29, 1.82) is 0 Å². The number of piperidine rings is 1. The molecule has 4 rings (SSSR count). The molecule has 0 unspecified atom stereocenters. The molecule has 3 aromatic carbocycles. The standard InChI is InChI=1S/C25H25F3N2O3S/c1-2-30(23-12-5-8-18-7-3-4-11-22(18)23)24(31)19-13-15-29(16-14-19)34(32,33)21-10-6-9-20(17-21)25(26,27)28/h3-12,17,19H,2,13-16H2,1H3. The van der Waals surface area contributed by atoms with Crippen molar-refractivity contribution in [3.05, 3.63) is 72.3 Å². The molecular weight excluding hydrogens is 465 g/mol. The van der Waals surface area contributed by atoms with Gasteiger partial charge in [0.25, 0.3) is 0 Å². The minimum atomic E-state index is -4.63. The van der Waals surface area contributed by atoms with Gasteiger partial charge < -0.3 is 4.90 Å². The molecule has 0 bridgehead atoms. The number of amides is 1. The molecule has 5 nitrogen and oxygen atoms in total. The minimum Gasteiger partial charge on any atom is -0.312 e. The van der Waals surface area contributed by atoms with E-state index in [4.69, 9.17) is 0 Å². The Morgan fingerprint density at radius 2 is 1.65 bits per heavy atom. The molecular formula is C25H25F3N2O3S. The summed E-state index contributed by atoms with van der Waals surface area (Å²) in [5.41, 5.74) is -0.197. The van der Waals surface area contributed by atoms with E-state index in [1.807, 2.05) is 49.4 Å². The number of alkyl halides is 3. The van der Waals surface area contributed by atoms with E-state index in [0.29, 0.717) is 25.5 Å². The number of halogens is 3. The van der Waals surface area contributed by atoms with Crippen molar-refractivity contribution < 1.29 is 26.4 Å².